The van der Waals surface area contributed by atoms with Gasteiger partial charge < -0.3 is 30.9 Å². The van der Waals surface area contributed by atoms with Crippen molar-refractivity contribution in [1.29, 1.82) is 0 Å². The average Bonchev–Trinajstić information content (AvgIpc) is 3.10. The zero-order valence-electron chi connectivity index (χ0n) is 23.4. The molecule has 0 radical (unpaired) electrons. The molecule has 37 heavy (non-hydrogen) atoms. The standard InChI is InChI=1S/C27H41N9O/c1-9-37-21-14-27(29-6,10-11-35(7)8)22(28)13-19(21)33-24-30-16-31-25(34-24)36-15-26(4,5)23-20(36)12-17(2)18(3)32-23/h12-14,16,22,29H,9-11,15,28H2,1-8H3,(H,30,31,33,34). The molecule has 4 rings (SSSR count). The lowest BCUT2D eigenvalue weighted by Gasteiger charge is -2.39. The van der Waals surface area contributed by atoms with Crippen LogP contribution in [0.2, 0.25) is 0 Å². The topological polar surface area (TPSA) is 117 Å². The van der Waals surface area contributed by atoms with Gasteiger partial charge in [0.1, 0.15) is 12.1 Å². The Balaban J connectivity index is 1.63. The van der Waals surface area contributed by atoms with Gasteiger partial charge in [0.05, 0.1) is 29.2 Å². The van der Waals surface area contributed by atoms with E-state index < -0.39 is 5.54 Å². The van der Waals surface area contributed by atoms with Crippen LogP contribution in [0.5, 0.6) is 0 Å². The van der Waals surface area contributed by atoms with Gasteiger partial charge in [0.25, 0.3) is 0 Å². The van der Waals surface area contributed by atoms with Crippen LogP contribution < -0.4 is 21.3 Å². The number of likely N-dealkylation sites (N-methyl/N-ethyl adjacent to an activating group) is 1. The fourth-order valence-corrected chi connectivity index (χ4v) is 4.93. The molecule has 0 spiro atoms. The molecule has 2 aromatic heterocycles. The summed E-state index contributed by atoms with van der Waals surface area (Å²) in [5.41, 5.74) is 11.2. The van der Waals surface area contributed by atoms with E-state index in [1.54, 1.807) is 0 Å². The van der Waals surface area contributed by atoms with Gasteiger partial charge in [-0.05, 0) is 78.7 Å². The normalized spacial score (nSPS) is 22.5. The van der Waals surface area contributed by atoms with Crippen LogP contribution in [0.3, 0.4) is 0 Å². The molecule has 10 nitrogen and oxygen atoms in total. The number of aromatic nitrogens is 4. The van der Waals surface area contributed by atoms with E-state index in [4.69, 9.17) is 20.4 Å². The van der Waals surface area contributed by atoms with Crippen LogP contribution in [0.25, 0.3) is 0 Å². The summed E-state index contributed by atoms with van der Waals surface area (Å²) in [6.45, 7) is 12.7. The highest BCUT2D eigenvalue weighted by Crippen LogP contribution is 2.43. The number of pyridine rings is 1. The number of nitrogens with zero attached hydrogens (tertiary/aromatic N) is 6. The zero-order valence-corrected chi connectivity index (χ0v) is 23.4. The summed E-state index contributed by atoms with van der Waals surface area (Å²) < 4.78 is 6.04. The van der Waals surface area contributed by atoms with Crippen molar-refractivity contribution in [3.8, 4) is 0 Å². The van der Waals surface area contributed by atoms with Gasteiger partial charge in [-0.2, -0.15) is 4.98 Å². The maximum Gasteiger partial charge on any atom is 0.234 e. The summed E-state index contributed by atoms with van der Waals surface area (Å²) >= 11 is 0. The van der Waals surface area contributed by atoms with Gasteiger partial charge in [-0.1, -0.05) is 13.8 Å². The molecule has 3 heterocycles. The third kappa shape index (κ3) is 5.32. The van der Waals surface area contributed by atoms with E-state index in [0.29, 0.717) is 18.5 Å². The van der Waals surface area contributed by atoms with Crippen LogP contribution in [0.4, 0.5) is 17.6 Å². The largest absolute Gasteiger partial charge is 0.492 e. The molecular weight excluding hydrogens is 466 g/mol. The van der Waals surface area contributed by atoms with Crippen molar-refractivity contribution < 1.29 is 4.74 Å². The van der Waals surface area contributed by atoms with Gasteiger partial charge in [0.15, 0.2) is 0 Å². The lowest BCUT2D eigenvalue weighted by atomic mass is 9.82. The predicted molar refractivity (Wildman–Crippen MR) is 148 cm³/mol. The van der Waals surface area contributed by atoms with Crippen molar-refractivity contribution in [1.82, 2.24) is 30.2 Å². The van der Waals surface area contributed by atoms with Gasteiger partial charge in [-0.25, -0.2) is 9.97 Å². The number of fused-ring (bicyclic) bond motifs is 1. The molecule has 200 valence electrons. The second-order valence-electron chi connectivity index (χ2n) is 10.9. The van der Waals surface area contributed by atoms with Gasteiger partial charge in [-0.3, -0.25) is 4.98 Å². The van der Waals surface area contributed by atoms with Crippen LogP contribution in [0.1, 0.15) is 44.1 Å². The third-order valence-electron chi connectivity index (χ3n) is 7.31. The molecular formula is C27H41N9O. The van der Waals surface area contributed by atoms with Crippen LogP contribution >= 0.6 is 0 Å². The highest BCUT2D eigenvalue weighted by Gasteiger charge is 2.40. The molecule has 2 aliphatic rings. The molecule has 0 fully saturated rings. The Labute approximate surface area is 220 Å². The van der Waals surface area contributed by atoms with Crippen LogP contribution in [-0.2, 0) is 10.2 Å². The van der Waals surface area contributed by atoms with E-state index in [1.165, 1.54) is 6.33 Å². The van der Waals surface area contributed by atoms with E-state index in [9.17, 15) is 0 Å². The zero-order chi connectivity index (χ0) is 27.0. The summed E-state index contributed by atoms with van der Waals surface area (Å²) in [4.78, 5) is 22.9. The Hall–Kier alpha value is -3.08. The van der Waals surface area contributed by atoms with Crippen LogP contribution in [0, 0.1) is 13.8 Å². The number of nitrogens with one attached hydrogen (secondary N) is 2. The quantitative estimate of drug-likeness (QED) is 0.468. The van der Waals surface area contributed by atoms with Crippen molar-refractivity contribution in [3.63, 3.8) is 0 Å². The van der Waals surface area contributed by atoms with Gasteiger partial charge >= 0.3 is 0 Å². The van der Waals surface area contributed by atoms with Crippen LogP contribution in [-0.4, -0.2) is 77.3 Å². The Kier molecular flexibility index (Phi) is 7.55. The second kappa shape index (κ2) is 10.4. The fraction of sp³-hybridized carbons (Fsp3) is 0.556. The van der Waals surface area contributed by atoms with Crippen molar-refractivity contribution in [2.75, 3.05) is 51.1 Å². The predicted octanol–water partition coefficient (Wildman–Crippen LogP) is 2.78. The Morgan fingerprint density at radius 2 is 1.97 bits per heavy atom. The maximum atomic E-state index is 6.69. The van der Waals surface area contributed by atoms with Crippen molar-refractivity contribution in [3.05, 3.63) is 53.0 Å². The molecule has 2 unspecified atom stereocenters. The number of rotatable bonds is 9. The first-order chi connectivity index (χ1) is 17.5. The maximum absolute atomic E-state index is 6.69. The lowest BCUT2D eigenvalue weighted by Crippen LogP contribution is -2.57. The van der Waals surface area contributed by atoms with Crippen molar-refractivity contribution in [2.45, 2.75) is 58.0 Å². The molecule has 10 heteroatoms. The number of aryl methyl sites for hydroxylation is 2. The van der Waals surface area contributed by atoms with E-state index >= 15 is 0 Å². The van der Waals surface area contributed by atoms with Gasteiger partial charge in [0, 0.05) is 23.7 Å². The number of hydrogen-bond donors (Lipinski definition) is 3. The smallest absolute Gasteiger partial charge is 0.234 e. The SMILES string of the molecule is CCOC1=CC(CCN(C)C)(NC)C(N)C=C1Nc1ncnc(N2CC(C)(C)c3nc(C)c(C)cc32)n1. The number of anilines is 3. The fourth-order valence-electron chi connectivity index (χ4n) is 4.93. The molecule has 1 aliphatic carbocycles. The number of nitrogens with two attached hydrogens (primary N) is 1. The molecule has 2 aromatic rings. The summed E-state index contributed by atoms with van der Waals surface area (Å²) in [6, 6.07) is 1.90. The monoisotopic (exact) mass is 507 g/mol. The lowest BCUT2D eigenvalue weighted by molar-refractivity contribution is 0.219. The molecule has 0 bridgehead atoms. The first-order valence-electron chi connectivity index (χ1n) is 12.9. The molecule has 0 saturated carbocycles. The third-order valence-corrected chi connectivity index (χ3v) is 7.31. The van der Waals surface area contributed by atoms with E-state index in [-0.39, 0.29) is 11.5 Å². The molecule has 1 aliphatic heterocycles. The molecule has 0 aromatic carbocycles. The van der Waals surface area contributed by atoms with Crippen molar-refractivity contribution in [2.24, 2.45) is 5.73 Å². The van der Waals surface area contributed by atoms with Crippen molar-refractivity contribution >= 4 is 17.6 Å². The van der Waals surface area contributed by atoms with Gasteiger partial charge in [0.2, 0.25) is 11.9 Å². The highest BCUT2D eigenvalue weighted by molar-refractivity contribution is 5.68. The molecule has 4 N–H and O–H groups in total. The highest BCUT2D eigenvalue weighted by atomic mass is 16.5. The summed E-state index contributed by atoms with van der Waals surface area (Å²) in [7, 11) is 6.06. The second-order valence-corrected chi connectivity index (χ2v) is 10.9. The molecule has 0 amide bonds. The van der Waals surface area contributed by atoms with E-state index in [1.807, 2.05) is 20.0 Å². The summed E-state index contributed by atoms with van der Waals surface area (Å²) in [5, 5.41) is 6.78. The van der Waals surface area contributed by atoms with E-state index in [0.717, 1.165) is 53.6 Å². The van der Waals surface area contributed by atoms with Gasteiger partial charge in [-0.15, -0.1) is 0 Å². The van der Waals surface area contributed by atoms with E-state index in [2.05, 4.69) is 84.3 Å². The molecule has 0 saturated heterocycles. The minimum atomic E-state index is -0.419. The van der Waals surface area contributed by atoms with Crippen LogP contribution in [0.15, 0.2) is 36.0 Å². The Morgan fingerprint density at radius 1 is 1.22 bits per heavy atom. The summed E-state index contributed by atoms with van der Waals surface area (Å²) in [6.07, 6.45) is 6.45. The molecule has 2 atom stereocenters. The Bertz CT molecular complexity index is 1210. The minimum absolute atomic E-state index is 0.124. The average molecular weight is 508 g/mol. The Morgan fingerprint density at radius 3 is 2.65 bits per heavy atom. The number of hydrogen-bond acceptors (Lipinski definition) is 10. The first-order valence-corrected chi connectivity index (χ1v) is 12.9. The summed E-state index contributed by atoms with van der Waals surface area (Å²) in [5.74, 6) is 1.73. The minimum Gasteiger partial charge on any atom is -0.492 e. The number of ether oxygens (including phenoxy) is 1. The first kappa shape index (κ1) is 27.0.